The van der Waals surface area contributed by atoms with Crippen LogP contribution in [0.3, 0.4) is 0 Å². The largest absolute Gasteiger partial charge is 0.357 e. The molecule has 1 aromatic heterocycles. The lowest BCUT2D eigenvalue weighted by Crippen LogP contribution is -2.27. The highest BCUT2D eigenvalue weighted by Crippen LogP contribution is 2.10. The van der Waals surface area contributed by atoms with E-state index in [0.29, 0.717) is 6.54 Å². The molecule has 1 rings (SSSR count). The van der Waals surface area contributed by atoms with Gasteiger partial charge in [0.15, 0.2) is 0 Å². The number of nitrogens with zero attached hydrogens (tertiary/aromatic N) is 2. The Morgan fingerprint density at radius 2 is 2.00 bits per heavy atom. The Hall–Kier alpha value is -1.58. The number of pyridine rings is 1. The second-order valence-electron chi connectivity index (χ2n) is 4.57. The number of amides is 1. The Labute approximate surface area is 109 Å². The number of hydrogen-bond acceptors (Lipinski definition) is 3. The van der Waals surface area contributed by atoms with E-state index in [0.717, 1.165) is 24.5 Å². The van der Waals surface area contributed by atoms with Crippen LogP contribution in [0.4, 0.5) is 5.82 Å². The van der Waals surface area contributed by atoms with Crippen LogP contribution >= 0.6 is 0 Å². The normalized spacial score (nSPS) is 10.5. The van der Waals surface area contributed by atoms with E-state index in [9.17, 15) is 4.79 Å². The lowest BCUT2D eigenvalue weighted by atomic mass is 10.2. The molecule has 1 amide bonds. The van der Waals surface area contributed by atoms with Crippen LogP contribution in [0.5, 0.6) is 0 Å². The maximum Gasteiger partial charge on any atom is 0.222 e. The van der Waals surface area contributed by atoms with Gasteiger partial charge in [-0.25, -0.2) is 4.98 Å². The number of aromatic nitrogens is 1. The predicted molar refractivity (Wildman–Crippen MR) is 74.5 cm³/mol. The summed E-state index contributed by atoms with van der Waals surface area (Å²) in [6.45, 7) is 10.4. The van der Waals surface area contributed by atoms with Crippen molar-refractivity contribution in [3.63, 3.8) is 0 Å². The summed E-state index contributed by atoms with van der Waals surface area (Å²) in [5.41, 5.74) is 1.03. The molecule has 0 aromatic carbocycles. The zero-order valence-electron chi connectivity index (χ0n) is 11.7. The summed E-state index contributed by atoms with van der Waals surface area (Å²) in [4.78, 5) is 18.1. The lowest BCUT2D eigenvalue weighted by Gasteiger charge is -2.19. The maximum absolute atomic E-state index is 11.4. The van der Waals surface area contributed by atoms with Gasteiger partial charge in [-0.1, -0.05) is 19.9 Å². The number of hydrogen-bond donors (Lipinski definition) is 1. The van der Waals surface area contributed by atoms with Crippen LogP contribution in [-0.2, 0) is 11.3 Å². The minimum Gasteiger partial charge on any atom is -0.357 e. The molecule has 0 fully saturated rings. The fraction of sp³-hybridized carbons (Fsp3) is 0.571. The number of carbonyl (C=O) groups is 1. The summed E-state index contributed by atoms with van der Waals surface area (Å²) in [6, 6.07) is 4.02. The van der Waals surface area contributed by atoms with E-state index in [-0.39, 0.29) is 11.8 Å². The first kappa shape index (κ1) is 14.5. The van der Waals surface area contributed by atoms with Crippen molar-refractivity contribution in [2.24, 2.45) is 5.92 Å². The topological polar surface area (TPSA) is 45.2 Å². The molecule has 0 bridgehead atoms. The Bertz CT molecular complexity index is 369. The molecule has 4 heteroatoms. The van der Waals surface area contributed by atoms with Crippen LogP contribution in [0.25, 0.3) is 0 Å². The zero-order chi connectivity index (χ0) is 13.5. The highest BCUT2D eigenvalue weighted by molar-refractivity contribution is 5.77. The maximum atomic E-state index is 11.4. The molecule has 100 valence electrons. The van der Waals surface area contributed by atoms with E-state index in [2.05, 4.69) is 29.0 Å². The summed E-state index contributed by atoms with van der Waals surface area (Å²) in [5, 5.41) is 2.88. The Morgan fingerprint density at radius 1 is 1.33 bits per heavy atom. The van der Waals surface area contributed by atoms with E-state index in [1.54, 1.807) is 0 Å². The van der Waals surface area contributed by atoms with E-state index in [1.165, 1.54) is 0 Å². The van der Waals surface area contributed by atoms with Gasteiger partial charge in [0, 0.05) is 31.7 Å². The predicted octanol–water partition coefficient (Wildman–Crippen LogP) is 2.20. The minimum atomic E-state index is 0.0212. The van der Waals surface area contributed by atoms with Crippen molar-refractivity contribution in [1.29, 1.82) is 0 Å². The van der Waals surface area contributed by atoms with Crippen molar-refractivity contribution in [3.8, 4) is 0 Å². The molecule has 0 saturated carbocycles. The molecule has 1 N–H and O–H groups in total. The second kappa shape index (κ2) is 6.99. The van der Waals surface area contributed by atoms with Crippen molar-refractivity contribution in [2.45, 2.75) is 34.2 Å². The van der Waals surface area contributed by atoms with Crippen LogP contribution in [-0.4, -0.2) is 24.0 Å². The lowest BCUT2D eigenvalue weighted by molar-refractivity contribution is -0.124. The van der Waals surface area contributed by atoms with Gasteiger partial charge in [0.1, 0.15) is 5.82 Å². The molecule has 0 aliphatic heterocycles. The fourth-order valence-electron chi connectivity index (χ4n) is 1.65. The van der Waals surface area contributed by atoms with Gasteiger partial charge in [-0.2, -0.15) is 0 Å². The van der Waals surface area contributed by atoms with Gasteiger partial charge >= 0.3 is 0 Å². The third-order valence-corrected chi connectivity index (χ3v) is 2.89. The Balaban J connectivity index is 2.58. The average Bonchev–Trinajstić information content (AvgIpc) is 2.38. The molecule has 0 spiro atoms. The molecule has 0 aliphatic carbocycles. The van der Waals surface area contributed by atoms with Gasteiger partial charge < -0.3 is 10.2 Å². The number of rotatable bonds is 6. The van der Waals surface area contributed by atoms with E-state index in [4.69, 9.17) is 0 Å². The molecule has 0 unspecified atom stereocenters. The van der Waals surface area contributed by atoms with Crippen molar-refractivity contribution < 1.29 is 4.79 Å². The van der Waals surface area contributed by atoms with Crippen molar-refractivity contribution in [1.82, 2.24) is 10.3 Å². The van der Waals surface area contributed by atoms with Gasteiger partial charge in [-0.15, -0.1) is 0 Å². The molecule has 0 atom stereocenters. The molecule has 4 nitrogen and oxygen atoms in total. The molecule has 0 saturated heterocycles. The van der Waals surface area contributed by atoms with Crippen LogP contribution < -0.4 is 10.2 Å². The Morgan fingerprint density at radius 3 is 2.44 bits per heavy atom. The summed E-state index contributed by atoms with van der Waals surface area (Å²) >= 11 is 0. The molecule has 18 heavy (non-hydrogen) atoms. The molecular formula is C14H23N3O. The van der Waals surface area contributed by atoms with Crippen LogP contribution in [0.2, 0.25) is 0 Å². The second-order valence-corrected chi connectivity index (χ2v) is 4.57. The first-order valence-corrected chi connectivity index (χ1v) is 6.56. The molecule has 0 radical (unpaired) electrons. The van der Waals surface area contributed by atoms with E-state index in [1.807, 2.05) is 32.2 Å². The SMILES string of the molecule is CCN(CC)c1ccc(CNC(=O)C(C)C)cn1. The highest BCUT2D eigenvalue weighted by atomic mass is 16.1. The minimum absolute atomic E-state index is 0.0212. The van der Waals surface area contributed by atoms with Gasteiger partial charge in [-0.05, 0) is 25.5 Å². The smallest absolute Gasteiger partial charge is 0.222 e. The van der Waals surface area contributed by atoms with Crippen LogP contribution in [0.15, 0.2) is 18.3 Å². The summed E-state index contributed by atoms with van der Waals surface area (Å²) in [7, 11) is 0. The number of carbonyl (C=O) groups excluding carboxylic acids is 1. The molecule has 0 aliphatic rings. The monoisotopic (exact) mass is 249 g/mol. The Kier molecular flexibility index (Phi) is 5.62. The van der Waals surface area contributed by atoms with Crippen molar-refractivity contribution >= 4 is 11.7 Å². The first-order chi connectivity index (χ1) is 8.58. The summed E-state index contributed by atoms with van der Waals surface area (Å²) in [6.07, 6.45) is 1.83. The summed E-state index contributed by atoms with van der Waals surface area (Å²) < 4.78 is 0. The molecule has 1 heterocycles. The van der Waals surface area contributed by atoms with Gasteiger partial charge in [-0.3, -0.25) is 4.79 Å². The number of nitrogens with one attached hydrogen (secondary N) is 1. The van der Waals surface area contributed by atoms with E-state index < -0.39 is 0 Å². The fourth-order valence-corrected chi connectivity index (χ4v) is 1.65. The summed E-state index contributed by atoms with van der Waals surface area (Å²) in [5.74, 6) is 1.08. The van der Waals surface area contributed by atoms with Crippen LogP contribution in [0.1, 0.15) is 33.3 Å². The molecular weight excluding hydrogens is 226 g/mol. The van der Waals surface area contributed by atoms with E-state index >= 15 is 0 Å². The highest BCUT2D eigenvalue weighted by Gasteiger charge is 2.07. The third kappa shape index (κ3) is 4.02. The third-order valence-electron chi connectivity index (χ3n) is 2.89. The van der Waals surface area contributed by atoms with Gasteiger partial charge in [0.05, 0.1) is 0 Å². The average molecular weight is 249 g/mol. The van der Waals surface area contributed by atoms with Gasteiger partial charge in [0.25, 0.3) is 0 Å². The van der Waals surface area contributed by atoms with Crippen molar-refractivity contribution in [2.75, 3.05) is 18.0 Å². The standard InChI is InChI=1S/C14H23N3O/c1-5-17(6-2)13-8-7-12(9-15-13)10-16-14(18)11(3)4/h7-9,11H,5-6,10H2,1-4H3,(H,16,18). The van der Waals surface area contributed by atoms with Crippen molar-refractivity contribution in [3.05, 3.63) is 23.9 Å². The number of anilines is 1. The molecule has 1 aromatic rings. The van der Waals surface area contributed by atoms with Crippen LogP contribution in [0, 0.1) is 5.92 Å². The first-order valence-electron chi connectivity index (χ1n) is 6.56. The quantitative estimate of drug-likeness (QED) is 0.840. The zero-order valence-corrected chi connectivity index (χ0v) is 11.7. The van der Waals surface area contributed by atoms with Gasteiger partial charge in [0.2, 0.25) is 5.91 Å².